The van der Waals surface area contributed by atoms with E-state index in [1.165, 1.54) is 19.3 Å². The van der Waals surface area contributed by atoms with Crippen LogP contribution in [0.3, 0.4) is 0 Å². The van der Waals surface area contributed by atoms with Gasteiger partial charge in [-0.1, -0.05) is 20.8 Å². The highest BCUT2D eigenvalue weighted by Gasteiger charge is 2.26. The van der Waals surface area contributed by atoms with E-state index in [2.05, 4.69) is 20.8 Å². The molecule has 0 aliphatic carbocycles. The number of hydrogen-bond donors (Lipinski definition) is 0. The quantitative estimate of drug-likeness (QED) is 0.559. The third kappa shape index (κ3) is 3.11. The lowest BCUT2D eigenvalue weighted by Crippen LogP contribution is -2.33. The van der Waals surface area contributed by atoms with Gasteiger partial charge in [0, 0.05) is 18.6 Å². The monoisotopic (exact) mass is 172 g/mol. The van der Waals surface area contributed by atoms with Crippen LogP contribution in [0.1, 0.15) is 40.0 Å². The van der Waals surface area contributed by atoms with Crippen molar-refractivity contribution >= 4 is 0 Å². The molecule has 2 nitrogen and oxygen atoms in total. The van der Waals surface area contributed by atoms with Crippen molar-refractivity contribution in [1.29, 1.82) is 0 Å². The van der Waals surface area contributed by atoms with Crippen LogP contribution in [0.4, 0.5) is 0 Å². The van der Waals surface area contributed by atoms with Gasteiger partial charge in [0.2, 0.25) is 0 Å². The fraction of sp³-hybridized carbons (Fsp3) is 1.00. The second kappa shape index (κ2) is 4.24. The van der Waals surface area contributed by atoms with Gasteiger partial charge in [-0.3, -0.25) is 0 Å². The Morgan fingerprint density at radius 3 is 1.83 bits per heavy atom. The summed E-state index contributed by atoms with van der Waals surface area (Å²) in [5.74, 6) is 0. The molecule has 1 fully saturated rings. The Hall–Kier alpha value is -0.0800. The molecule has 0 N–H and O–H groups in total. The summed E-state index contributed by atoms with van der Waals surface area (Å²) < 4.78 is 11.3. The first-order valence-electron chi connectivity index (χ1n) is 4.84. The summed E-state index contributed by atoms with van der Waals surface area (Å²) in [4.78, 5) is 0. The molecule has 0 amide bonds. The van der Waals surface area contributed by atoms with Crippen molar-refractivity contribution in [1.82, 2.24) is 0 Å². The minimum atomic E-state index is -0.0159. The van der Waals surface area contributed by atoms with Gasteiger partial charge in [0.1, 0.15) is 0 Å². The molecule has 72 valence electrons. The molecule has 2 heteroatoms. The second-order valence-corrected chi connectivity index (χ2v) is 4.50. The van der Waals surface area contributed by atoms with Gasteiger partial charge in [-0.25, -0.2) is 0 Å². The number of ether oxygens (including phenoxy) is 2. The average molecular weight is 172 g/mol. The molecule has 1 heterocycles. The van der Waals surface area contributed by atoms with E-state index < -0.39 is 0 Å². The van der Waals surface area contributed by atoms with Crippen LogP contribution in [0, 0.1) is 5.41 Å². The van der Waals surface area contributed by atoms with Crippen LogP contribution in [-0.2, 0) is 9.47 Å². The van der Waals surface area contributed by atoms with Gasteiger partial charge in [0.25, 0.3) is 0 Å². The minimum absolute atomic E-state index is 0.0159. The van der Waals surface area contributed by atoms with Crippen molar-refractivity contribution in [3.8, 4) is 0 Å². The summed E-state index contributed by atoms with van der Waals surface area (Å²) in [6.45, 7) is 8.15. The Balaban J connectivity index is 2.40. The zero-order valence-electron chi connectivity index (χ0n) is 8.43. The van der Waals surface area contributed by atoms with Gasteiger partial charge in [-0.15, -0.1) is 0 Å². The molecule has 0 saturated carbocycles. The van der Waals surface area contributed by atoms with Crippen molar-refractivity contribution in [2.45, 2.75) is 46.3 Å². The molecule has 1 rings (SSSR count). The summed E-state index contributed by atoms with van der Waals surface area (Å²) in [6.07, 6.45) is 3.57. The topological polar surface area (TPSA) is 18.5 Å². The Labute approximate surface area is 75.2 Å². The first-order chi connectivity index (χ1) is 5.61. The van der Waals surface area contributed by atoms with E-state index in [4.69, 9.17) is 9.47 Å². The largest absolute Gasteiger partial charge is 0.352 e. The second-order valence-electron chi connectivity index (χ2n) is 4.50. The molecule has 0 radical (unpaired) electrons. The van der Waals surface area contributed by atoms with E-state index in [-0.39, 0.29) is 11.7 Å². The van der Waals surface area contributed by atoms with Crippen molar-refractivity contribution in [3.63, 3.8) is 0 Å². The maximum absolute atomic E-state index is 5.63. The first kappa shape index (κ1) is 10.0. The molecule has 1 aliphatic rings. The summed E-state index contributed by atoms with van der Waals surface area (Å²) in [7, 11) is 0. The van der Waals surface area contributed by atoms with E-state index in [9.17, 15) is 0 Å². The van der Waals surface area contributed by atoms with Crippen molar-refractivity contribution in [2.75, 3.05) is 13.2 Å². The Bertz CT molecular complexity index is 118. The van der Waals surface area contributed by atoms with Crippen LogP contribution in [0.2, 0.25) is 0 Å². The molecule has 0 aromatic rings. The van der Waals surface area contributed by atoms with Crippen LogP contribution in [0.15, 0.2) is 0 Å². The molecule has 0 unspecified atom stereocenters. The summed E-state index contributed by atoms with van der Waals surface area (Å²) in [5, 5.41) is 0. The Kier molecular flexibility index (Phi) is 3.53. The molecule has 1 saturated heterocycles. The maximum Gasteiger partial charge on any atom is 0.162 e. The van der Waals surface area contributed by atoms with Gasteiger partial charge in [-0.2, -0.15) is 0 Å². The van der Waals surface area contributed by atoms with E-state index in [0.717, 1.165) is 13.2 Å². The smallest absolute Gasteiger partial charge is 0.162 e. The van der Waals surface area contributed by atoms with Crippen LogP contribution in [0.5, 0.6) is 0 Å². The lowest BCUT2D eigenvalue weighted by Gasteiger charge is -2.31. The molecule has 0 bridgehead atoms. The highest BCUT2D eigenvalue weighted by atomic mass is 16.7. The average Bonchev–Trinajstić information content (AvgIpc) is 1.81. The predicted octanol–water partition coefficient (Wildman–Crippen LogP) is 2.58. The maximum atomic E-state index is 5.63. The highest BCUT2D eigenvalue weighted by Crippen LogP contribution is 2.24. The van der Waals surface area contributed by atoms with Crippen LogP contribution in [-0.4, -0.2) is 19.5 Å². The first-order valence-corrected chi connectivity index (χ1v) is 4.84. The molecule has 0 aromatic heterocycles. The fourth-order valence-corrected chi connectivity index (χ4v) is 1.31. The van der Waals surface area contributed by atoms with Crippen molar-refractivity contribution < 1.29 is 9.47 Å². The molecular weight excluding hydrogens is 152 g/mol. The molecule has 0 aromatic carbocycles. The molecule has 1 aliphatic heterocycles. The van der Waals surface area contributed by atoms with E-state index in [1.54, 1.807) is 0 Å². The molecule has 0 atom stereocenters. The van der Waals surface area contributed by atoms with Crippen LogP contribution >= 0.6 is 0 Å². The van der Waals surface area contributed by atoms with Crippen molar-refractivity contribution in [3.05, 3.63) is 0 Å². The molecular formula is C10H20O2. The SMILES string of the molecule is CC(C)(C)C1OCCCCCO1. The van der Waals surface area contributed by atoms with Crippen molar-refractivity contribution in [2.24, 2.45) is 5.41 Å². The molecule has 0 spiro atoms. The lowest BCUT2D eigenvalue weighted by atomic mass is 9.96. The van der Waals surface area contributed by atoms with Gasteiger partial charge in [0.05, 0.1) is 0 Å². The number of hydrogen-bond acceptors (Lipinski definition) is 2. The molecule has 12 heavy (non-hydrogen) atoms. The van der Waals surface area contributed by atoms with Crippen LogP contribution in [0.25, 0.3) is 0 Å². The van der Waals surface area contributed by atoms with Gasteiger partial charge in [-0.05, 0) is 19.3 Å². The minimum Gasteiger partial charge on any atom is -0.352 e. The van der Waals surface area contributed by atoms with E-state index in [0.29, 0.717) is 0 Å². The fourth-order valence-electron chi connectivity index (χ4n) is 1.31. The summed E-state index contributed by atoms with van der Waals surface area (Å²) in [6, 6.07) is 0. The summed E-state index contributed by atoms with van der Waals surface area (Å²) in [5.41, 5.74) is 0.108. The van der Waals surface area contributed by atoms with Crippen LogP contribution < -0.4 is 0 Å². The predicted molar refractivity (Wildman–Crippen MR) is 49.0 cm³/mol. The van der Waals surface area contributed by atoms with Gasteiger partial charge >= 0.3 is 0 Å². The summed E-state index contributed by atoms with van der Waals surface area (Å²) >= 11 is 0. The Morgan fingerprint density at radius 2 is 1.42 bits per heavy atom. The number of rotatable bonds is 0. The third-order valence-electron chi connectivity index (χ3n) is 2.03. The standard InChI is InChI=1S/C10H20O2/c1-10(2,3)9-11-7-5-4-6-8-12-9/h9H,4-8H2,1-3H3. The normalized spacial score (nSPS) is 23.2. The van der Waals surface area contributed by atoms with E-state index >= 15 is 0 Å². The Morgan fingerprint density at radius 1 is 0.917 bits per heavy atom. The van der Waals surface area contributed by atoms with Gasteiger partial charge in [0.15, 0.2) is 6.29 Å². The van der Waals surface area contributed by atoms with Gasteiger partial charge < -0.3 is 9.47 Å². The lowest BCUT2D eigenvalue weighted by molar-refractivity contribution is -0.201. The highest BCUT2D eigenvalue weighted by molar-refractivity contribution is 4.67. The van der Waals surface area contributed by atoms with E-state index in [1.807, 2.05) is 0 Å². The zero-order chi connectivity index (χ0) is 9.03. The third-order valence-corrected chi connectivity index (χ3v) is 2.03. The zero-order valence-corrected chi connectivity index (χ0v) is 8.43.